The lowest BCUT2D eigenvalue weighted by molar-refractivity contribution is -0.537. The van der Waals surface area contributed by atoms with Gasteiger partial charge in [-0.25, -0.2) is 18.2 Å². The number of rotatable bonds is 9. The first-order valence-corrected chi connectivity index (χ1v) is 14.5. The van der Waals surface area contributed by atoms with E-state index in [0.717, 1.165) is 41.9 Å². The van der Waals surface area contributed by atoms with Crippen LogP contribution in [-0.2, 0) is 9.47 Å². The molecule has 0 spiro atoms. The molecule has 10 atom stereocenters. The molecule has 2 aliphatic rings. The molecule has 4 rings (SSSR count). The molecule has 0 aliphatic carbocycles. The van der Waals surface area contributed by atoms with Crippen LogP contribution in [0.4, 0.5) is 13.2 Å². The van der Waals surface area contributed by atoms with Crippen LogP contribution in [0.2, 0.25) is 0 Å². The summed E-state index contributed by atoms with van der Waals surface area (Å²) in [5.74, 6) is -4.44. The van der Waals surface area contributed by atoms with Gasteiger partial charge in [0.05, 0.1) is 25.0 Å². The first-order valence-electron chi connectivity index (χ1n) is 13.5. The molecule has 2 aliphatic heterocycles. The molecule has 6 unspecified atom stereocenters. The van der Waals surface area contributed by atoms with Crippen molar-refractivity contribution in [3.05, 3.63) is 59.3 Å². The monoisotopic (exact) mass is 633 g/mol. The molecule has 0 radical (unpaired) electrons. The smallest absolute Gasteiger partial charge is 0.208 e. The highest BCUT2D eigenvalue weighted by atomic mass is 32.2. The van der Waals surface area contributed by atoms with Gasteiger partial charge in [-0.2, -0.15) is 5.10 Å². The molecule has 43 heavy (non-hydrogen) atoms. The Hall–Kier alpha value is -2.54. The number of aromatic nitrogens is 2. The number of nitrogens with two attached hydrogens (primary N) is 1. The molecule has 9 N–H and O–H groups in total. The highest BCUT2D eigenvalue weighted by molar-refractivity contribution is 8.00. The number of nitrogens with zero attached hydrogens (tertiary/aromatic N) is 2. The number of ether oxygens (including phenoxy) is 2. The fraction of sp³-hybridized carbons (Fsp3) is 0.556. The second-order valence-electron chi connectivity index (χ2n) is 10.7. The highest BCUT2D eigenvalue weighted by Crippen LogP contribution is 2.39. The summed E-state index contributed by atoms with van der Waals surface area (Å²) >= 11 is 0.793. The number of aliphatic hydroxyl groups is 6. The third kappa shape index (κ3) is 6.92. The zero-order valence-electron chi connectivity index (χ0n) is 23.2. The molecular formula is C27H36F3N4O8S+. The van der Waals surface area contributed by atoms with Crippen LogP contribution in [0, 0.1) is 17.5 Å². The van der Waals surface area contributed by atoms with E-state index in [1.807, 2.05) is 13.8 Å². The number of thioether (sulfide) groups is 1. The number of hydrogen-bond donors (Lipinski definition) is 8. The Kier molecular flexibility index (Phi) is 10.9. The van der Waals surface area contributed by atoms with Gasteiger partial charge in [0.2, 0.25) is 6.04 Å². The molecule has 3 heterocycles. The van der Waals surface area contributed by atoms with Gasteiger partial charge in [-0.3, -0.25) is 4.68 Å². The first-order chi connectivity index (χ1) is 20.4. The molecule has 12 nitrogen and oxygen atoms in total. The van der Waals surface area contributed by atoms with Crippen molar-refractivity contribution in [2.75, 3.05) is 13.2 Å². The predicted octanol–water partition coefficient (Wildman–Crippen LogP) is -1.90. The number of allylic oxidation sites excluding steroid dienone is 1. The number of nitrogens with one attached hydrogen (secondary N) is 1. The Morgan fingerprint density at radius 2 is 1.58 bits per heavy atom. The molecule has 0 bridgehead atoms. The molecule has 2 aromatic rings. The summed E-state index contributed by atoms with van der Waals surface area (Å²) in [4.78, 5) is 2.73. The topological polar surface area (TPSA) is 198 Å². The maximum Gasteiger partial charge on any atom is 0.208 e. The quantitative estimate of drug-likeness (QED) is 0.113. The molecular weight excluding hydrogens is 597 g/mol. The Balaban J connectivity index is 1.58. The summed E-state index contributed by atoms with van der Waals surface area (Å²) in [5, 5.41) is 68.1. The molecule has 0 amide bonds. The van der Waals surface area contributed by atoms with E-state index in [4.69, 9.17) is 15.2 Å². The summed E-state index contributed by atoms with van der Waals surface area (Å²) in [6.07, 6.45) is -2.75. The summed E-state index contributed by atoms with van der Waals surface area (Å²) in [5.41, 5.74) is 3.89. The van der Waals surface area contributed by atoms with Crippen LogP contribution < -0.4 is 10.7 Å². The minimum absolute atomic E-state index is 0.0120. The first kappa shape index (κ1) is 33.4. The van der Waals surface area contributed by atoms with Gasteiger partial charge in [0.15, 0.2) is 29.8 Å². The largest absolute Gasteiger partial charge is 0.404 e. The third-order valence-corrected chi connectivity index (χ3v) is 8.84. The van der Waals surface area contributed by atoms with Crippen molar-refractivity contribution in [2.45, 2.75) is 79.3 Å². The van der Waals surface area contributed by atoms with Crippen LogP contribution in [0.1, 0.15) is 36.9 Å². The number of halogens is 3. The standard InChI is InChI=1S/C27H35F3N4O8S/c1-11(2)14-7-33-34(8-14)21-23(38)18(10-36)42-27(25(21)40)43-26-24(39)20(22(37)17(9-35)41-26)32-6-13(5-31)12-3-15(28)19(30)16(29)4-12/h3-8,11,17-18,20-27,35-40H,9-10,31H2,1-2H3/p+1/b13-5+,32-6?/t17?,18-,20?,21?,22+,23?,24?,25-,26+,27?/m1/s1. The van der Waals surface area contributed by atoms with Crippen LogP contribution in [-0.4, -0.2) is 113 Å². The number of aliphatic hydroxyl groups excluding tert-OH is 6. The van der Waals surface area contributed by atoms with Crippen LogP contribution in [0.5, 0.6) is 0 Å². The molecule has 1 aromatic carbocycles. The zero-order valence-corrected chi connectivity index (χ0v) is 24.1. The lowest BCUT2D eigenvalue weighted by atomic mass is 9.97. The van der Waals surface area contributed by atoms with E-state index >= 15 is 0 Å². The molecule has 16 heteroatoms. The van der Waals surface area contributed by atoms with E-state index in [9.17, 15) is 43.8 Å². The lowest BCUT2D eigenvalue weighted by Gasteiger charge is -2.44. The van der Waals surface area contributed by atoms with Crippen molar-refractivity contribution in [3.8, 4) is 0 Å². The van der Waals surface area contributed by atoms with Gasteiger partial charge < -0.3 is 45.8 Å². The average molecular weight is 634 g/mol. The van der Waals surface area contributed by atoms with Crippen LogP contribution in [0.15, 0.2) is 30.7 Å². The van der Waals surface area contributed by atoms with Gasteiger partial charge in [0, 0.05) is 12.4 Å². The number of hydrogen-bond acceptors (Lipinski definition) is 11. The molecule has 2 saturated heterocycles. The normalized spacial score (nSPS) is 33.9. The van der Waals surface area contributed by atoms with Gasteiger partial charge in [-0.15, -0.1) is 0 Å². The van der Waals surface area contributed by atoms with E-state index in [-0.39, 0.29) is 17.1 Å². The Morgan fingerprint density at radius 3 is 2.12 bits per heavy atom. The van der Waals surface area contributed by atoms with Crippen LogP contribution >= 0.6 is 11.8 Å². The number of benzene rings is 1. The van der Waals surface area contributed by atoms with E-state index < -0.39 is 90.2 Å². The van der Waals surface area contributed by atoms with Crippen molar-refractivity contribution in [3.63, 3.8) is 0 Å². The van der Waals surface area contributed by atoms with Gasteiger partial charge >= 0.3 is 0 Å². The summed E-state index contributed by atoms with van der Waals surface area (Å²) < 4.78 is 53.9. The van der Waals surface area contributed by atoms with Gasteiger partial charge in [0.25, 0.3) is 0 Å². The Morgan fingerprint density at radius 1 is 1.00 bits per heavy atom. The van der Waals surface area contributed by atoms with E-state index in [0.29, 0.717) is 0 Å². The fourth-order valence-electron chi connectivity index (χ4n) is 4.97. The van der Waals surface area contributed by atoms with Crippen molar-refractivity contribution in [1.29, 1.82) is 0 Å². The van der Waals surface area contributed by atoms with Crippen molar-refractivity contribution in [1.82, 2.24) is 9.78 Å². The minimum Gasteiger partial charge on any atom is -0.404 e. The molecule has 1 aromatic heterocycles. The maximum absolute atomic E-state index is 13.8. The molecule has 238 valence electrons. The second-order valence-corrected chi connectivity index (χ2v) is 11.9. The van der Waals surface area contributed by atoms with Crippen molar-refractivity contribution < 1.29 is 58.3 Å². The Bertz CT molecular complexity index is 1290. The summed E-state index contributed by atoms with van der Waals surface area (Å²) in [6, 6.07) is -0.847. The summed E-state index contributed by atoms with van der Waals surface area (Å²) in [6.45, 7) is 2.64. The third-order valence-electron chi connectivity index (χ3n) is 7.52. The SMILES string of the molecule is CC(C)c1cnn(C2C(O)[C@@H](CO)OC(S[C@@H]3OC(CO)[C@H](O)C([NH+]=C/C(=C\N)c4cc(F)c(F)c(F)c4)C3O)[C@@H]2O)c1. The van der Waals surface area contributed by atoms with Crippen molar-refractivity contribution in [2.24, 2.45) is 5.73 Å². The molecule has 2 fully saturated rings. The van der Waals surface area contributed by atoms with Gasteiger partial charge in [0.1, 0.15) is 47.4 Å². The van der Waals surface area contributed by atoms with Crippen LogP contribution in [0.25, 0.3) is 5.57 Å². The maximum atomic E-state index is 13.8. The van der Waals surface area contributed by atoms with Gasteiger partial charge in [-0.1, -0.05) is 25.6 Å². The average Bonchev–Trinajstić information content (AvgIpc) is 3.46. The predicted molar refractivity (Wildman–Crippen MR) is 148 cm³/mol. The van der Waals surface area contributed by atoms with Crippen molar-refractivity contribution >= 4 is 23.5 Å². The summed E-state index contributed by atoms with van der Waals surface area (Å²) in [7, 11) is 0. The van der Waals surface area contributed by atoms with Crippen LogP contribution in [0.3, 0.4) is 0 Å². The van der Waals surface area contributed by atoms with E-state index in [1.165, 1.54) is 4.68 Å². The second kappa shape index (κ2) is 14.0. The molecule has 0 saturated carbocycles. The fourth-order valence-corrected chi connectivity index (χ4v) is 6.30. The Labute approximate surface area is 249 Å². The lowest BCUT2D eigenvalue weighted by Crippen LogP contribution is -2.87. The zero-order chi connectivity index (χ0) is 31.6. The highest BCUT2D eigenvalue weighted by Gasteiger charge is 2.52. The van der Waals surface area contributed by atoms with E-state index in [1.54, 1.807) is 12.4 Å². The van der Waals surface area contributed by atoms with E-state index in [2.05, 4.69) is 10.1 Å². The minimum atomic E-state index is -1.66. The van der Waals surface area contributed by atoms with Gasteiger partial charge in [-0.05, 0) is 29.2 Å².